The van der Waals surface area contributed by atoms with Crippen LogP contribution in [0.5, 0.6) is 0 Å². The van der Waals surface area contributed by atoms with E-state index in [1.165, 1.54) is 58.9 Å². The normalized spacial score (nSPS) is 13.5. The number of anilines is 1. The fourth-order valence-electron chi connectivity index (χ4n) is 4.58. The van der Waals surface area contributed by atoms with Gasteiger partial charge in [-0.05, 0) is 101 Å². The predicted octanol–water partition coefficient (Wildman–Crippen LogP) is 7.99. The Bertz CT molecular complexity index is 1390. The zero-order valence-corrected chi connectivity index (χ0v) is 24.8. The molecule has 3 aromatic rings. The summed E-state index contributed by atoms with van der Waals surface area (Å²) in [6, 6.07) is 11.7. The van der Waals surface area contributed by atoms with Crippen molar-refractivity contribution >= 4 is 50.5 Å². The first kappa shape index (κ1) is 31.6. The van der Waals surface area contributed by atoms with Crippen LogP contribution in [0.4, 0.5) is 14.5 Å². The maximum atomic E-state index is 14.9. The summed E-state index contributed by atoms with van der Waals surface area (Å²) in [4.78, 5) is -0.0707. The molecule has 39 heavy (non-hydrogen) atoms. The second-order valence-corrected chi connectivity index (χ2v) is 12.5. The molecule has 0 amide bonds. The van der Waals surface area contributed by atoms with Crippen molar-refractivity contribution in [3.8, 4) is 11.1 Å². The van der Waals surface area contributed by atoms with E-state index in [1.807, 2.05) is 13.8 Å². The van der Waals surface area contributed by atoms with Crippen molar-refractivity contribution in [3.05, 3.63) is 81.3 Å². The molecule has 0 heterocycles. The summed E-state index contributed by atoms with van der Waals surface area (Å²) in [6.45, 7) is 4.49. The van der Waals surface area contributed by atoms with Crippen molar-refractivity contribution < 1.29 is 17.2 Å². The zero-order valence-electron chi connectivity index (χ0n) is 21.7. The van der Waals surface area contributed by atoms with Gasteiger partial charge in [0.1, 0.15) is 11.6 Å². The fraction of sp³-hybridized carbons (Fsp3) is 0.357. The van der Waals surface area contributed by atoms with E-state index in [9.17, 15) is 17.2 Å². The molecule has 0 saturated carbocycles. The lowest BCUT2D eigenvalue weighted by molar-refractivity contribution is 0.249. The fourth-order valence-corrected chi connectivity index (χ4v) is 7.17. The lowest BCUT2D eigenvalue weighted by Gasteiger charge is -2.34. The third kappa shape index (κ3) is 8.06. The molecule has 212 valence electrons. The molecule has 0 spiro atoms. The minimum atomic E-state index is -4.13. The van der Waals surface area contributed by atoms with Gasteiger partial charge >= 0.3 is 0 Å². The van der Waals surface area contributed by atoms with Gasteiger partial charge in [0.15, 0.2) is 0 Å². The Kier molecular flexibility index (Phi) is 11.4. The number of sulfonamides is 1. The molecule has 2 atom stereocenters. The summed E-state index contributed by atoms with van der Waals surface area (Å²) in [5.74, 6) is -1.04. The van der Waals surface area contributed by atoms with Crippen molar-refractivity contribution in [2.24, 2.45) is 5.73 Å². The van der Waals surface area contributed by atoms with E-state index < -0.39 is 27.7 Å². The number of nitrogens with two attached hydrogens (primary N) is 1. The van der Waals surface area contributed by atoms with Crippen LogP contribution in [-0.4, -0.2) is 37.9 Å². The topological polar surface area (TPSA) is 75.4 Å². The SMILES string of the molecule is C[C@H](CCCN)N([C@H](C)CCCNc1cc(Cl)ccc1F)S(=O)(=O)c1ccc(Cl)cc1-c1cc(Cl)ccc1F. The standard InChI is InChI=1S/C28H32Cl3F2N3O2S/c1-18(5-3-13-34)36(19(2)6-4-14-35-27-17-22(31)8-11-26(27)33)39(37,38)28-12-9-21(30)16-24(28)23-15-20(29)7-10-25(23)32/h7-12,15-19,35H,3-6,13-14,34H2,1-2H3/t18-,19-/m1/s1. The summed E-state index contributed by atoms with van der Waals surface area (Å²) < 4.78 is 58.8. The van der Waals surface area contributed by atoms with Gasteiger partial charge in [0.05, 0.1) is 10.6 Å². The maximum Gasteiger partial charge on any atom is 0.244 e. The van der Waals surface area contributed by atoms with E-state index >= 15 is 0 Å². The van der Waals surface area contributed by atoms with Gasteiger partial charge in [0.2, 0.25) is 10.0 Å². The molecule has 0 aliphatic rings. The van der Waals surface area contributed by atoms with Crippen LogP contribution >= 0.6 is 34.8 Å². The van der Waals surface area contributed by atoms with E-state index in [-0.39, 0.29) is 37.8 Å². The average molecular weight is 619 g/mol. The highest BCUT2D eigenvalue weighted by Crippen LogP contribution is 2.36. The Balaban J connectivity index is 1.92. The van der Waals surface area contributed by atoms with Gasteiger partial charge in [-0.15, -0.1) is 0 Å². The van der Waals surface area contributed by atoms with E-state index in [0.29, 0.717) is 43.8 Å². The van der Waals surface area contributed by atoms with Gasteiger partial charge < -0.3 is 11.1 Å². The van der Waals surface area contributed by atoms with Crippen molar-refractivity contribution in [2.75, 3.05) is 18.4 Å². The van der Waals surface area contributed by atoms with Gasteiger partial charge in [-0.1, -0.05) is 34.8 Å². The molecular formula is C28H32Cl3F2N3O2S. The number of nitrogens with one attached hydrogen (secondary N) is 1. The summed E-state index contributed by atoms with van der Waals surface area (Å²) in [5, 5.41) is 3.95. The summed E-state index contributed by atoms with van der Waals surface area (Å²) in [5.41, 5.74) is 6.16. The van der Waals surface area contributed by atoms with E-state index in [2.05, 4.69) is 5.32 Å². The van der Waals surface area contributed by atoms with Gasteiger partial charge in [0.25, 0.3) is 0 Å². The summed E-state index contributed by atoms with van der Waals surface area (Å²) in [6.07, 6.45) is 2.21. The molecule has 0 aliphatic carbocycles. The Morgan fingerprint density at radius 3 is 2.00 bits per heavy atom. The number of hydrogen-bond donors (Lipinski definition) is 2. The first-order chi connectivity index (χ1) is 18.4. The molecular weight excluding hydrogens is 587 g/mol. The molecule has 0 fully saturated rings. The van der Waals surface area contributed by atoms with Crippen molar-refractivity contribution in [2.45, 2.75) is 56.5 Å². The van der Waals surface area contributed by atoms with Gasteiger partial charge in [-0.25, -0.2) is 17.2 Å². The molecule has 0 unspecified atom stereocenters. The lowest BCUT2D eigenvalue weighted by Crippen LogP contribution is -2.45. The molecule has 0 aliphatic heterocycles. The summed E-state index contributed by atoms with van der Waals surface area (Å²) >= 11 is 18.3. The highest BCUT2D eigenvalue weighted by atomic mass is 35.5. The molecule has 0 aromatic heterocycles. The Hall–Kier alpha value is -1.94. The first-order valence-electron chi connectivity index (χ1n) is 12.6. The maximum absolute atomic E-state index is 14.9. The van der Waals surface area contributed by atoms with Crippen molar-refractivity contribution in [1.29, 1.82) is 0 Å². The van der Waals surface area contributed by atoms with E-state index in [4.69, 9.17) is 40.5 Å². The Morgan fingerprint density at radius 1 is 0.821 bits per heavy atom. The Morgan fingerprint density at radius 2 is 1.36 bits per heavy atom. The van der Waals surface area contributed by atoms with E-state index in [0.717, 1.165) is 0 Å². The van der Waals surface area contributed by atoms with E-state index in [1.54, 1.807) is 0 Å². The minimum absolute atomic E-state index is 0.0403. The Labute approximate surface area is 244 Å². The second kappa shape index (κ2) is 14.1. The van der Waals surface area contributed by atoms with Crippen molar-refractivity contribution in [3.63, 3.8) is 0 Å². The number of benzene rings is 3. The molecule has 3 aromatic carbocycles. The quantitative estimate of drug-likeness (QED) is 0.190. The zero-order chi connectivity index (χ0) is 28.7. The molecule has 5 nitrogen and oxygen atoms in total. The molecule has 0 bridgehead atoms. The predicted molar refractivity (Wildman–Crippen MR) is 157 cm³/mol. The van der Waals surface area contributed by atoms with Gasteiger partial charge in [-0.3, -0.25) is 0 Å². The average Bonchev–Trinajstić information content (AvgIpc) is 2.88. The monoisotopic (exact) mass is 617 g/mol. The van der Waals surface area contributed by atoms with Crippen LogP contribution in [0.15, 0.2) is 59.5 Å². The highest BCUT2D eigenvalue weighted by Gasteiger charge is 2.35. The highest BCUT2D eigenvalue weighted by molar-refractivity contribution is 7.89. The minimum Gasteiger partial charge on any atom is -0.383 e. The first-order valence-corrected chi connectivity index (χ1v) is 15.2. The van der Waals surface area contributed by atoms with Crippen LogP contribution in [-0.2, 0) is 10.0 Å². The molecule has 3 rings (SSSR count). The largest absolute Gasteiger partial charge is 0.383 e. The van der Waals surface area contributed by atoms with Crippen molar-refractivity contribution in [1.82, 2.24) is 4.31 Å². The van der Waals surface area contributed by atoms with Crippen LogP contribution in [0.2, 0.25) is 15.1 Å². The molecule has 0 radical (unpaired) electrons. The third-order valence-electron chi connectivity index (χ3n) is 6.45. The third-order valence-corrected chi connectivity index (χ3v) is 9.35. The van der Waals surface area contributed by atoms with Crippen LogP contribution in [0.25, 0.3) is 11.1 Å². The lowest BCUT2D eigenvalue weighted by atomic mass is 10.1. The van der Waals surface area contributed by atoms with Crippen LogP contribution in [0, 0.1) is 11.6 Å². The van der Waals surface area contributed by atoms with Crippen LogP contribution in [0.1, 0.15) is 39.5 Å². The second-order valence-electron chi connectivity index (χ2n) is 9.42. The molecule has 3 N–H and O–H groups in total. The van der Waals surface area contributed by atoms with Gasteiger partial charge in [-0.2, -0.15) is 4.31 Å². The number of nitrogens with zero attached hydrogens (tertiary/aromatic N) is 1. The van der Waals surface area contributed by atoms with Crippen LogP contribution < -0.4 is 11.1 Å². The number of hydrogen-bond acceptors (Lipinski definition) is 4. The number of rotatable bonds is 13. The number of halogens is 5. The smallest absolute Gasteiger partial charge is 0.244 e. The van der Waals surface area contributed by atoms with Crippen LogP contribution in [0.3, 0.4) is 0 Å². The molecule has 11 heteroatoms. The summed E-state index contributed by atoms with van der Waals surface area (Å²) in [7, 11) is -4.13. The van der Waals surface area contributed by atoms with Gasteiger partial charge in [0, 0.05) is 44.8 Å². The molecule has 0 saturated heterocycles.